The average Bonchev–Trinajstić information content (AvgIpc) is 2.84. The SMILES string of the molecule is Nc1ccc(-n2c(-c3ccc(N=Cc4ccccc4)cc3)nc3ccccc3c2=O)cc1. The molecule has 0 radical (unpaired) electrons. The van der Waals surface area contributed by atoms with Gasteiger partial charge in [-0.1, -0.05) is 42.5 Å². The number of nitrogens with zero attached hydrogens (tertiary/aromatic N) is 3. The molecule has 0 amide bonds. The lowest BCUT2D eigenvalue weighted by Crippen LogP contribution is -2.21. The van der Waals surface area contributed by atoms with Gasteiger partial charge in [0.25, 0.3) is 5.56 Å². The van der Waals surface area contributed by atoms with Crippen molar-refractivity contribution in [1.29, 1.82) is 0 Å². The van der Waals surface area contributed by atoms with Crippen LogP contribution in [0.25, 0.3) is 28.0 Å². The van der Waals surface area contributed by atoms with E-state index in [1.165, 1.54) is 0 Å². The molecular formula is C27H20N4O. The van der Waals surface area contributed by atoms with Crippen LogP contribution in [0.5, 0.6) is 0 Å². The third-order valence-electron chi connectivity index (χ3n) is 5.21. The van der Waals surface area contributed by atoms with Crippen LogP contribution in [-0.2, 0) is 0 Å². The molecule has 154 valence electrons. The van der Waals surface area contributed by atoms with Crippen LogP contribution in [-0.4, -0.2) is 15.8 Å². The summed E-state index contributed by atoms with van der Waals surface area (Å²) in [5, 5.41) is 0.567. The van der Waals surface area contributed by atoms with Gasteiger partial charge in [-0.25, -0.2) is 4.98 Å². The number of benzene rings is 4. The molecule has 0 saturated carbocycles. The Morgan fingerprint density at radius 1 is 0.781 bits per heavy atom. The maximum absolute atomic E-state index is 13.4. The van der Waals surface area contributed by atoms with Crippen molar-refractivity contribution < 1.29 is 0 Å². The van der Waals surface area contributed by atoms with Crippen molar-refractivity contribution in [3.8, 4) is 17.1 Å². The van der Waals surface area contributed by atoms with Gasteiger partial charge in [-0.15, -0.1) is 0 Å². The number of aliphatic imine (C=N–C) groups is 1. The van der Waals surface area contributed by atoms with E-state index in [-0.39, 0.29) is 5.56 Å². The standard InChI is InChI=1S/C27H20N4O/c28-21-12-16-23(17-13-21)31-26(30-25-9-5-4-8-24(25)27(31)32)20-10-14-22(15-11-20)29-18-19-6-2-1-3-7-19/h1-18H,28H2. The van der Waals surface area contributed by atoms with Crippen LogP contribution in [0.3, 0.4) is 0 Å². The van der Waals surface area contributed by atoms with Crippen LogP contribution in [0.15, 0.2) is 113 Å². The molecule has 5 heteroatoms. The number of nitrogens with two attached hydrogens (primary N) is 1. The number of aromatic nitrogens is 2. The summed E-state index contributed by atoms with van der Waals surface area (Å²) < 4.78 is 1.63. The van der Waals surface area contributed by atoms with E-state index in [0.717, 1.165) is 16.8 Å². The molecule has 1 aromatic heterocycles. The molecule has 0 bridgehead atoms. The summed E-state index contributed by atoms with van der Waals surface area (Å²) in [6.07, 6.45) is 1.83. The summed E-state index contributed by atoms with van der Waals surface area (Å²) >= 11 is 0. The minimum atomic E-state index is -0.124. The van der Waals surface area contributed by atoms with Crippen LogP contribution in [0.2, 0.25) is 0 Å². The van der Waals surface area contributed by atoms with Gasteiger partial charge in [0, 0.05) is 17.5 Å². The van der Waals surface area contributed by atoms with Gasteiger partial charge in [0.2, 0.25) is 0 Å². The summed E-state index contributed by atoms with van der Waals surface area (Å²) in [4.78, 5) is 22.8. The Bertz CT molecular complexity index is 1470. The van der Waals surface area contributed by atoms with Crippen molar-refractivity contribution in [2.24, 2.45) is 4.99 Å². The molecule has 0 aliphatic carbocycles. The summed E-state index contributed by atoms with van der Waals surface area (Å²) in [5.41, 5.74) is 10.4. The lowest BCUT2D eigenvalue weighted by Gasteiger charge is -2.14. The molecule has 0 spiro atoms. The third-order valence-corrected chi connectivity index (χ3v) is 5.21. The number of hydrogen-bond donors (Lipinski definition) is 1. The van der Waals surface area contributed by atoms with Gasteiger partial charge in [0.15, 0.2) is 0 Å². The van der Waals surface area contributed by atoms with Crippen molar-refractivity contribution in [2.75, 3.05) is 5.73 Å². The summed E-state index contributed by atoms with van der Waals surface area (Å²) in [5.74, 6) is 0.567. The van der Waals surface area contributed by atoms with Crippen LogP contribution in [0.1, 0.15) is 5.56 Å². The van der Waals surface area contributed by atoms with Crippen molar-refractivity contribution >= 4 is 28.5 Å². The molecule has 0 unspecified atom stereocenters. The smallest absolute Gasteiger partial charge is 0.266 e. The van der Waals surface area contributed by atoms with Gasteiger partial charge in [-0.3, -0.25) is 14.4 Å². The quantitative estimate of drug-likeness (QED) is 0.315. The first-order valence-corrected chi connectivity index (χ1v) is 10.3. The predicted molar refractivity (Wildman–Crippen MR) is 131 cm³/mol. The minimum Gasteiger partial charge on any atom is -0.399 e. The molecule has 5 aromatic rings. The highest BCUT2D eigenvalue weighted by atomic mass is 16.1. The maximum atomic E-state index is 13.4. The molecule has 2 N–H and O–H groups in total. The lowest BCUT2D eigenvalue weighted by atomic mass is 10.1. The summed E-state index contributed by atoms with van der Waals surface area (Å²) in [7, 11) is 0. The first kappa shape index (κ1) is 19.5. The number of rotatable bonds is 4. The maximum Gasteiger partial charge on any atom is 0.266 e. The molecule has 0 fully saturated rings. The highest BCUT2D eigenvalue weighted by Gasteiger charge is 2.14. The molecular weight excluding hydrogens is 396 g/mol. The second-order valence-corrected chi connectivity index (χ2v) is 7.40. The first-order chi connectivity index (χ1) is 15.7. The largest absolute Gasteiger partial charge is 0.399 e. The van der Waals surface area contributed by atoms with E-state index in [2.05, 4.69) is 4.99 Å². The second kappa shape index (κ2) is 8.32. The van der Waals surface area contributed by atoms with E-state index in [0.29, 0.717) is 28.1 Å². The minimum absolute atomic E-state index is 0.124. The van der Waals surface area contributed by atoms with Gasteiger partial charge in [0.05, 0.1) is 22.3 Å². The molecule has 5 rings (SSSR count). The van der Waals surface area contributed by atoms with Crippen molar-refractivity contribution in [3.05, 3.63) is 119 Å². The zero-order chi connectivity index (χ0) is 21.9. The van der Waals surface area contributed by atoms with Gasteiger partial charge in [-0.05, 0) is 66.2 Å². The first-order valence-electron chi connectivity index (χ1n) is 10.3. The van der Waals surface area contributed by atoms with E-state index < -0.39 is 0 Å². The Hall–Kier alpha value is -4.51. The van der Waals surface area contributed by atoms with Gasteiger partial charge < -0.3 is 5.73 Å². The van der Waals surface area contributed by atoms with Crippen LogP contribution in [0, 0.1) is 0 Å². The van der Waals surface area contributed by atoms with E-state index in [1.54, 1.807) is 22.8 Å². The zero-order valence-corrected chi connectivity index (χ0v) is 17.2. The fraction of sp³-hybridized carbons (Fsp3) is 0. The van der Waals surface area contributed by atoms with Crippen LogP contribution >= 0.6 is 0 Å². The monoisotopic (exact) mass is 416 g/mol. The molecule has 0 saturated heterocycles. The Morgan fingerprint density at radius 3 is 2.22 bits per heavy atom. The number of fused-ring (bicyclic) bond motifs is 1. The zero-order valence-electron chi connectivity index (χ0n) is 17.2. The van der Waals surface area contributed by atoms with Gasteiger partial charge in [-0.2, -0.15) is 0 Å². The molecule has 32 heavy (non-hydrogen) atoms. The fourth-order valence-electron chi connectivity index (χ4n) is 3.57. The number of nitrogen functional groups attached to an aromatic ring is 1. The lowest BCUT2D eigenvalue weighted by molar-refractivity contribution is 0.976. The molecule has 0 aliphatic rings. The van der Waals surface area contributed by atoms with E-state index in [1.807, 2.05) is 91.1 Å². The molecule has 0 atom stereocenters. The van der Waals surface area contributed by atoms with E-state index in [4.69, 9.17) is 10.7 Å². The van der Waals surface area contributed by atoms with Crippen LogP contribution < -0.4 is 11.3 Å². The Labute approximate surface area is 185 Å². The van der Waals surface area contributed by atoms with E-state index >= 15 is 0 Å². The summed E-state index contributed by atoms with van der Waals surface area (Å²) in [6.45, 7) is 0. The molecule has 1 heterocycles. The average molecular weight is 416 g/mol. The van der Waals surface area contributed by atoms with Gasteiger partial charge in [0.1, 0.15) is 5.82 Å². The highest BCUT2D eigenvalue weighted by Crippen LogP contribution is 2.25. The van der Waals surface area contributed by atoms with Crippen molar-refractivity contribution in [1.82, 2.24) is 9.55 Å². The van der Waals surface area contributed by atoms with Crippen LogP contribution in [0.4, 0.5) is 11.4 Å². The Morgan fingerprint density at radius 2 is 1.47 bits per heavy atom. The van der Waals surface area contributed by atoms with Crippen molar-refractivity contribution in [3.63, 3.8) is 0 Å². The number of anilines is 1. The number of hydrogen-bond acceptors (Lipinski definition) is 4. The highest BCUT2D eigenvalue weighted by molar-refractivity contribution is 5.83. The van der Waals surface area contributed by atoms with E-state index in [9.17, 15) is 4.79 Å². The topological polar surface area (TPSA) is 73.3 Å². The molecule has 5 nitrogen and oxygen atoms in total. The fourth-order valence-corrected chi connectivity index (χ4v) is 3.57. The molecule has 0 aliphatic heterocycles. The predicted octanol–water partition coefficient (Wildman–Crippen LogP) is 5.39. The second-order valence-electron chi connectivity index (χ2n) is 7.40. The number of para-hydroxylation sites is 1. The van der Waals surface area contributed by atoms with Gasteiger partial charge >= 0.3 is 0 Å². The Balaban J connectivity index is 1.61. The normalized spacial score (nSPS) is 11.2. The van der Waals surface area contributed by atoms with Crippen molar-refractivity contribution in [2.45, 2.75) is 0 Å². The third kappa shape index (κ3) is 3.79. The molecule has 4 aromatic carbocycles. The summed E-state index contributed by atoms with van der Waals surface area (Å²) in [6, 6.07) is 32.2. The Kier molecular flexibility index (Phi) is 5.06.